The molecule has 44 heavy (non-hydrogen) atoms. The highest BCUT2D eigenvalue weighted by molar-refractivity contribution is 8.07. The second-order valence-corrected chi connectivity index (χ2v) is 15.7. The number of hydrogen-bond acceptors (Lipinski definition) is 17. The molecule has 3 aliphatic heterocycles. The van der Waals surface area contributed by atoms with Crippen molar-refractivity contribution in [1.29, 1.82) is 0 Å². The molecular weight excluding hydrogens is 664 g/mol. The summed E-state index contributed by atoms with van der Waals surface area (Å²) in [6.07, 6.45) is -4.72. The quantitative estimate of drug-likeness (QED) is 0.141. The molecule has 3 fully saturated rings. The Balaban J connectivity index is 1.20. The summed E-state index contributed by atoms with van der Waals surface area (Å²) in [5.74, 6) is 0.327. The molecule has 4 aromatic rings. The Morgan fingerprint density at radius 3 is 2.16 bits per heavy atom. The molecule has 0 radical (unpaired) electrons. The molecule has 8 N–H and O–H groups in total. The number of aliphatic hydroxyl groups is 2. The summed E-state index contributed by atoms with van der Waals surface area (Å²) in [7, 11) is 0. The van der Waals surface area contributed by atoms with Crippen molar-refractivity contribution in [1.82, 2.24) is 34.1 Å². The van der Waals surface area contributed by atoms with E-state index >= 15 is 0 Å². The monoisotopic (exact) mass is 689 g/mol. The molecule has 3 saturated heterocycles. The van der Waals surface area contributed by atoms with E-state index in [0.29, 0.717) is 11.0 Å². The van der Waals surface area contributed by atoms with Gasteiger partial charge in [0.1, 0.15) is 66.3 Å². The van der Waals surface area contributed by atoms with Crippen LogP contribution in [0.2, 0.25) is 0 Å². The molecule has 23 heteroatoms. The van der Waals surface area contributed by atoms with Crippen molar-refractivity contribution in [2.45, 2.75) is 49.1 Å². The van der Waals surface area contributed by atoms with E-state index in [1.165, 1.54) is 28.1 Å². The van der Waals surface area contributed by atoms with Gasteiger partial charge in [0, 0.05) is 6.20 Å². The lowest BCUT2D eigenvalue weighted by atomic mass is 10.1. The van der Waals surface area contributed by atoms with E-state index in [1.54, 1.807) is 12.3 Å². The van der Waals surface area contributed by atoms with Crippen LogP contribution in [0.25, 0.3) is 22.2 Å². The first-order valence-electron chi connectivity index (χ1n) is 12.9. The van der Waals surface area contributed by atoms with Crippen molar-refractivity contribution in [3.05, 3.63) is 31.2 Å². The molecule has 2 bridgehead atoms. The first-order chi connectivity index (χ1) is 20.9. The molecular formula is C21H25N9O10P2S2. The maximum Gasteiger partial charge on any atom is 0.325 e. The summed E-state index contributed by atoms with van der Waals surface area (Å²) >= 11 is 10.5. The predicted molar refractivity (Wildman–Crippen MR) is 156 cm³/mol. The summed E-state index contributed by atoms with van der Waals surface area (Å²) < 4.78 is 37.7. The number of nitrogens with two attached hydrogens (primary N) is 2. The summed E-state index contributed by atoms with van der Waals surface area (Å²) in [4.78, 5) is 42.6. The number of anilines is 2. The Kier molecular flexibility index (Phi) is 7.71. The van der Waals surface area contributed by atoms with Crippen LogP contribution in [-0.4, -0.2) is 104 Å². The smallest absolute Gasteiger partial charge is 0.325 e. The molecule has 19 nitrogen and oxygen atoms in total. The summed E-state index contributed by atoms with van der Waals surface area (Å²) in [5.41, 5.74) is 12.7. The summed E-state index contributed by atoms with van der Waals surface area (Å²) in [6.45, 7) is -9.21. The highest BCUT2D eigenvalue weighted by Crippen LogP contribution is 2.54. The molecule has 4 aromatic heterocycles. The van der Waals surface area contributed by atoms with Crippen LogP contribution < -0.4 is 11.5 Å². The maximum atomic E-state index is 11.3. The summed E-state index contributed by atoms with van der Waals surface area (Å²) in [5, 5.41) is 23.0. The number of fused-ring (bicyclic) bond motifs is 5. The van der Waals surface area contributed by atoms with Crippen LogP contribution in [0.3, 0.4) is 0 Å². The van der Waals surface area contributed by atoms with E-state index in [9.17, 15) is 20.0 Å². The first-order valence-corrected chi connectivity index (χ1v) is 18.1. The normalized spacial score (nSPS) is 38.3. The van der Waals surface area contributed by atoms with Crippen LogP contribution in [0, 0.1) is 0 Å². The number of nitrogens with zero attached hydrogens (tertiary/aromatic N) is 7. The van der Waals surface area contributed by atoms with Crippen LogP contribution in [-0.2, 0) is 51.2 Å². The zero-order valence-electron chi connectivity index (χ0n) is 22.2. The molecule has 236 valence electrons. The lowest BCUT2D eigenvalue weighted by Crippen LogP contribution is -2.36. The number of aliphatic hydroxyl groups excluding tert-OH is 2. The minimum Gasteiger partial charge on any atom is -0.387 e. The molecule has 3 aliphatic rings. The van der Waals surface area contributed by atoms with Gasteiger partial charge in [-0.15, -0.1) is 0 Å². The fourth-order valence-corrected chi connectivity index (χ4v) is 8.22. The minimum atomic E-state index is -4.14. The van der Waals surface area contributed by atoms with Gasteiger partial charge in [-0.2, -0.15) is 0 Å². The molecule has 0 saturated carbocycles. The Labute approximate surface area is 257 Å². The average Bonchev–Trinajstić information content (AvgIpc) is 3.73. The number of imidazole rings is 1. The molecule has 0 spiro atoms. The zero-order chi connectivity index (χ0) is 31.0. The third kappa shape index (κ3) is 5.31. The van der Waals surface area contributed by atoms with E-state index in [2.05, 4.69) is 24.9 Å². The van der Waals surface area contributed by atoms with Crippen LogP contribution in [0.5, 0.6) is 0 Å². The van der Waals surface area contributed by atoms with E-state index in [-0.39, 0.29) is 22.8 Å². The van der Waals surface area contributed by atoms with Crippen LogP contribution in [0.4, 0.5) is 11.6 Å². The van der Waals surface area contributed by atoms with E-state index < -0.39 is 75.7 Å². The molecule has 0 aliphatic carbocycles. The molecule has 7 rings (SSSR count). The van der Waals surface area contributed by atoms with Crippen molar-refractivity contribution >= 4 is 70.9 Å². The van der Waals surface area contributed by atoms with Crippen molar-refractivity contribution in [2.75, 3.05) is 24.7 Å². The number of rotatable bonds is 2. The average molecular weight is 690 g/mol. The van der Waals surface area contributed by atoms with Gasteiger partial charge in [-0.1, -0.05) is 0 Å². The van der Waals surface area contributed by atoms with Gasteiger partial charge in [0.2, 0.25) is 0 Å². The first kappa shape index (κ1) is 30.3. The fourth-order valence-electron chi connectivity index (χ4n) is 5.36. The van der Waals surface area contributed by atoms with Gasteiger partial charge in [0.05, 0.1) is 24.9 Å². The number of nitrogen functional groups attached to an aromatic ring is 2. The highest BCUT2D eigenvalue weighted by Gasteiger charge is 2.52. The summed E-state index contributed by atoms with van der Waals surface area (Å²) in [6, 6.07) is 1.65. The Morgan fingerprint density at radius 1 is 0.773 bits per heavy atom. The van der Waals surface area contributed by atoms with Gasteiger partial charge in [0.25, 0.3) is 0 Å². The largest absolute Gasteiger partial charge is 0.387 e. The van der Waals surface area contributed by atoms with Crippen molar-refractivity contribution in [3.8, 4) is 0 Å². The fraction of sp³-hybridized carbons (Fsp3) is 0.476. The zero-order valence-corrected chi connectivity index (χ0v) is 25.6. The van der Waals surface area contributed by atoms with Gasteiger partial charge in [-0.05, 0) is 29.7 Å². The Morgan fingerprint density at radius 2 is 1.41 bits per heavy atom. The minimum absolute atomic E-state index is 0.113. The van der Waals surface area contributed by atoms with Gasteiger partial charge in [-0.25, -0.2) is 24.9 Å². The number of hydrogen-bond donors (Lipinski definition) is 6. The molecule has 0 amide bonds. The van der Waals surface area contributed by atoms with E-state index in [4.69, 9.17) is 62.6 Å². The number of aromatic nitrogens is 7. The highest BCUT2D eigenvalue weighted by atomic mass is 32.5. The molecule has 7 heterocycles. The van der Waals surface area contributed by atoms with Crippen molar-refractivity contribution in [3.63, 3.8) is 0 Å². The standard InChI is InChI=1S/C21H25N9O10P2S2/c22-16-8-1-2-29(18(8)26-5-24-16)21-15-12(31)9(37-21)3-35-41(33,43)39-14-10(4-36-42(34,44)40-15)38-20(13(14)32)30-7-28-11-17(23)25-6-27-19(11)30/h1-2,5-7,9-10,12-15,20-21,31-32H,3-4H2,(H,33,43)(H,34,44)(H2,22,24,26)(H2,23,25,27)/t9-,10-,12-,13-,14-,15-,20-,21-,41?,42?/m1/s1. The van der Waals surface area contributed by atoms with Crippen molar-refractivity contribution in [2.24, 2.45) is 0 Å². The number of ether oxygens (including phenoxy) is 2. The lowest BCUT2D eigenvalue weighted by molar-refractivity contribution is -0.0605. The van der Waals surface area contributed by atoms with Gasteiger partial charge in [-0.3, -0.25) is 13.6 Å². The molecule has 10 atom stereocenters. The van der Waals surface area contributed by atoms with Crippen LogP contribution in [0.1, 0.15) is 12.5 Å². The van der Waals surface area contributed by atoms with Gasteiger partial charge in [0.15, 0.2) is 23.9 Å². The molecule has 0 aromatic carbocycles. The molecule has 2 unspecified atom stereocenters. The second-order valence-electron chi connectivity index (χ2n) is 10.1. The van der Waals surface area contributed by atoms with Gasteiger partial charge < -0.3 is 54.6 Å². The van der Waals surface area contributed by atoms with E-state index in [0.717, 1.165) is 0 Å². The van der Waals surface area contributed by atoms with E-state index in [1.807, 2.05) is 0 Å². The SMILES string of the molecule is Nc1ncnc2c1ccn2[C@@H]1O[C@@H]2COP(O)(=S)O[C@H]3[C@@H](O)[C@H](n4cnc5c(N)ncnc54)O[C@@H]3COP(O)(=S)O[C@@H]1[C@@H]2O. The second kappa shape index (κ2) is 11.2. The van der Waals surface area contributed by atoms with Crippen LogP contribution >= 0.6 is 13.4 Å². The van der Waals surface area contributed by atoms with Crippen molar-refractivity contribution < 1.29 is 47.6 Å². The lowest BCUT2D eigenvalue weighted by Gasteiger charge is -2.28. The Bertz CT molecular complexity index is 1830. The van der Waals surface area contributed by atoms with Crippen LogP contribution in [0.15, 0.2) is 31.2 Å². The Hall–Kier alpha value is -2.33. The third-order valence-electron chi connectivity index (χ3n) is 7.41. The third-order valence-corrected chi connectivity index (χ3v) is 10.5. The van der Waals surface area contributed by atoms with Gasteiger partial charge >= 0.3 is 13.4 Å². The predicted octanol–water partition coefficient (Wildman–Crippen LogP) is -0.797. The topological polar surface area (TPSA) is 263 Å². The maximum absolute atomic E-state index is 11.3.